The minimum absolute atomic E-state index is 0.229. The minimum Gasteiger partial charge on any atom is -0.480 e. The molecule has 4 heteroatoms. The molecule has 0 spiro atoms. The third-order valence-corrected chi connectivity index (χ3v) is 3.08. The van der Waals surface area contributed by atoms with Gasteiger partial charge in [0.05, 0.1) is 0 Å². The molecule has 1 fully saturated rings. The Balaban J connectivity index is 1.82. The van der Waals surface area contributed by atoms with Crippen LogP contribution in [0.25, 0.3) is 0 Å². The first-order valence-electron chi connectivity index (χ1n) is 5.88. The molecule has 1 atom stereocenters. The number of hydrogen-bond donors (Lipinski definition) is 2. The number of carboxylic acid groups (broad SMARTS) is 1. The van der Waals surface area contributed by atoms with Gasteiger partial charge in [-0.1, -0.05) is 18.2 Å². The van der Waals surface area contributed by atoms with Gasteiger partial charge in [-0.2, -0.15) is 0 Å². The van der Waals surface area contributed by atoms with Gasteiger partial charge in [-0.25, -0.2) is 4.39 Å². The summed E-state index contributed by atoms with van der Waals surface area (Å²) in [5.41, 5.74) is 0.625. The van der Waals surface area contributed by atoms with Crippen molar-refractivity contribution >= 4 is 5.97 Å². The van der Waals surface area contributed by atoms with E-state index in [1.807, 2.05) is 0 Å². The molecule has 1 aromatic rings. The predicted molar refractivity (Wildman–Crippen MR) is 62.3 cm³/mol. The molecule has 1 aliphatic carbocycles. The average molecular weight is 237 g/mol. The van der Waals surface area contributed by atoms with Crippen LogP contribution in [-0.4, -0.2) is 23.7 Å². The van der Waals surface area contributed by atoms with Crippen molar-refractivity contribution in [1.82, 2.24) is 5.32 Å². The lowest BCUT2D eigenvalue weighted by Gasteiger charge is -2.13. The molecule has 0 aromatic heterocycles. The summed E-state index contributed by atoms with van der Waals surface area (Å²) in [5.74, 6) is -0.776. The van der Waals surface area contributed by atoms with E-state index >= 15 is 0 Å². The van der Waals surface area contributed by atoms with Crippen molar-refractivity contribution in [3.63, 3.8) is 0 Å². The second-order valence-corrected chi connectivity index (χ2v) is 4.45. The number of carboxylic acids is 1. The van der Waals surface area contributed by atoms with E-state index in [4.69, 9.17) is 5.11 Å². The molecule has 3 nitrogen and oxygen atoms in total. The van der Waals surface area contributed by atoms with Gasteiger partial charge >= 0.3 is 5.97 Å². The Kier molecular flexibility index (Phi) is 3.74. The van der Waals surface area contributed by atoms with Gasteiger partial charge in [-0.05, 0) is 36.8 Å². The molecule has 0 heterocycles. The van der Waals surface area contributed by atoms with E-state index in [0.717, 1.165) is 12.8 Å². The minimum atomic E-state index is -0.805. The van der Waals surface area contributed by atoms with Crippen LogP contribution in [0.15, 0.2) is 24.3 Å². The Labute approximate surface area is 99.7 Å². The van der Waals surface area contributed by atoms with Crippen molar-refractivity contribution in [2.75, 3.05) is 6.54 Å². The zero-order valence-electron chi connectivity index (χ0n) is 9.53. The highest BCUT2D eigenvalue weighted by Gasteiger charge is 2.35. The highest BCUT2D eigenvalue weighted by molar-refractivity contribution is 5.74. The van der Waals surface area contributed by atoms with E-state index in [1.54, 1.807) is 18.2 Å². The lowest BCUT2D eigenvalue weighted by molar-refractivity contribution is -0.140. The smallest absolute Gasteiger partial charge is 0.320 e. The van der Waals surface area contributed by atoms with E-state index in [-0.39, 0.29) is 11.7 Å². The summed E-state index contributed by atoms with van der Waals surface area (Å²) in [6, 6.07) is 6.11. The first-order valence-corrected chi connectivity index (χ1v) is 5.88. The monoisotopic (exact) mass is 237 g/mol. The second-order valence-electron chi connectivity index (χ2n) is 4.45. The van der Waals surface area contributed by atoms with Crippen LogP contribution < -0.4 is 5.32 Å². The molecule has 1 saturated carbocycles. The number of nitrogens with one attached hydrogen (secondary N) is 1. The van der Waals surface area contributed by atoms with Crippen LogP contribution in [0.5, 0.6) is 0 Å². The quantitative estimate of drug-likeness (QED) is 0.793. The summed E-state index contributed by atoms with van der Waals surface area (Å²) in [4.78, 5) is 11.0. The van der Waals surface area contributed by atoms with Crippen LogP contribution in [0.4, 0.5) is 4.39 Å². The predicted octanol–water partition coefficient (Wildman–Crippen LogP) is 1.82. The molecule has 0 radical (unpaired) electrons. The summed E-state index contributed by atoms with van der Waals surface area (Å²) in [6.07, 6.45) is 2.47. The van der Waals surface area contributed by atoms with Crippen molar-refractivity contribution in [3.05, 3.63) is 35.6 Å². The molecule has 0 amide bonds. The third-order valence-electron chi connectivity index (χ3n) is 3.08. The van der Waals surface area contributed by atoms with Gasteiger partial charge in [-0.15, -0.1) is 0 Å². The van der Waals surface area contributed by atoms with E-state index in [2.05, 4.69) is 5.32 Å². The molecule has 1 aliphatic rings. The van der Waals surface area contributed by atoms with Crippen molar-refractivity contribution in [3.8, 4) is 0 Å². The lowest BCUT2D eigenvalue weighted by atomic mass is 10.1. The molecule has 0 aliphatic heterocycles. The number of hydrogen-bond acceptors (Lipinski definition) is 2. The number of aliphatic carboxylic acids is 1. The second kappa shape index (κ2) is 5.27. The average Bonchev–Trinajstić information content (AvgIpc) is 3.10. The van der Waals surface area contributed by atoms with Crippen molar-refractivity contribution < 1.29 is 14.3 Å². The SMILES string of the molecule is O=C(O)C(NCCc1ccccc1F)C1CC1. The maximum absolute atomic E-state index is 13.3. The van der Waals surface area contributed by atoms with E-state index in [0.29, 0.717) is 18.5 Å². The highest BCUT2D eigenvalue weighted by atomic mass is 19.1. The summed E-state index contributed by atoms with van der Waals surface area (Å²) in [5, 5.41) is 12.0. The fourth-order valence-electron chi connectivity index (χ4n) is 1.95. The van der Waals surface area contributed by atoms with E-state index < -0.39 is 12.0 Å². The summed E-state index contributed by atoms with van der Waals surface area (Å²) in [6.45, 7) is 0.494. The fourth-order valence-corrected chi connectivity index (χ4v) is 1.95. The standard InChI is InChI=1S/C13H16FNO2/c14-11-4-2-1-3-9(11)7-8-15-12(13(16)17)10-5-6-10/h1-4,10,12,15H,5-8H2,(H,16,17). The Morgan fingerprint density at radius 2 is 2.18 bits per heavy atom. The first kappa shape index (κ1) is 12.0. The highest BCUT2D eigenvalue weighted by Crippen LogP contribution is 2.32. The Bertz CT molecular complexity index is 404. The van der Waals surface area contributed by atoms with E-state index in [9.17, 15) is 9.18 Å². The molecule has 17 heavy (non-hydrogen) atoms. The zero-order valence-corrected chi connectivity index (χ0v) is 9.53. The van der Waals surface area contributed by atoms with Gasteiger partial charge in [0.15, 0.2) is 0 Å². The normalized spacial score (nSPS) is 16.8. The van der Waals surface area contributed by atoms with Gasteiger partial charge < -0.3 is 10.4 Å². The van der Waals surface area contributed by atoms with Gasteiger partial charge in [0.25, 0.3) is 0 Å². The van der Waals surface area contributed by atoms with Crippen LogP contribution in [0.2, 0.25) is 0 Å². The van der Waals surface area contributed by atoms with Crippen LogP contribution in [-0.2, 0) is 11.2 Å². The zero-order chi connectivity index (χ0) is 12.3. The molecular formula is C13H16FNO2. The Hall–Kier alpha value is -1.42. The largest absolute Gasteiger partial charge is 0.480 e. The van der Waals surface area contributed by atoms with Crippen LogP contribution >= 0.6 is 0 Å². The van der Waals surface area contributed by atoms with Gasteiger partial charge in [-0.3, -0.25) is 4.79 Å². The summed E-state index contributed by atoms with van der Waals surface area (Å²) >= 11 is 0. The van der Waals surface area contributed by atoms with Crippen molar-refractivity contribution in [2.24, 2.45) is 5.92 Å². The Morgan fingerprint density at radius 3 is 2.76 bits per heavy atom. The number of halogens is 1. The lowest BCUT2D eigenvalue weighted by Crippen LogP contribution is -2.39. The molecule has 0 saturated heterocycles. The summed E-state index contributed by atoms with van der Waals surface area (Å²) in [7, 11) is 0. The van der Waals surface area contributed by atoms with E-state index in [1.165, 1.54) is 6.07 Å². The number of benzene rings is 1. The van der Waals surface area contributed by atoms with Crippen molar-refractivity contribution in [2.45, 2.75) is 25.3 Å². The fraction of sp³-hybridized carbons (Fsp3) is 0.462. The van der Waals surface area contributed by atoms with Gasteiger partial charge in [0, 0.05) is 6.54 Å². The maximum Gasteiger partial charge on any atom is 0.320 e. The van der Waals surface area contributed by atoms with Crippen molar-refractivity contribution in [1.29, 1.82) is 0 Å². The molecule has 92 valence electrons. The molecular weight excluding hydrogens is 221 g/mol. The maximum atomic E-state index is 13.3. The van der Waals surface area contributed by atoms with Crippen LogP contribution in [0.3, 0.4) is 0 Å². The van der Waals surface area contributed by atoms with Gasteiger partial charge in [0.1, 0.15) is 11.9 Å². The van der Waals surface area contributed by atoms with Gasteiger partial charge in [0.2, 0.25) is 0 Å². The topological polar surface area (TPSA) is 49.3 Å². The Morgan fingerprint density at radius 1 is 1.47 bits per heavy atom. The first-order chi connectivity index (χ1) is 8.18. The number of rotatable bonds is 6. The molecule has 2 rings (SSSR count). The number of carbonyl (C=O) groups is 1. The van der Waals surface area contributed by atoms with Crippen LogP contribution in [0, 0.1) is 11.7 Å². The third kappa shape index (κ3) is 3.27. The molecule has 2 N–H and O–H groups in total. The molecule has 1 aromatic carbocycles. The molecule has 1 unspecified atom stereocenters. The summed E-state index contributed by atoms with van der Waals surface area (Å²) < 4.78 is 13.3. The van der Waals surface area contributed by atoms with Crippen LogP contribution in [0.1, 0.15) is 18.4 Å². The molecule has 0 bridgehead atoms.